The molecule has 1 N–H and O–H groups in total. The van der Waals surface area contributed by atoms with Crippen LogP contribution in [0.1, 0.15) is 30.3 Å². The lowest BCUT2D eigenvalue weighted by Gasteiger charge is -2.11. The minimum atomic E-state index is -0.838. The van der Waals surface area contributed by atoms with Crippen LogP contribution in [0.5, 0.6) is 0 Å². The third-order valence-electron chi connectivity index (χ3n) is 4.27. The van der Waals surface area contributed by atoms with E-state index < -0.39 is 24.3 Å². The van der Waals surface area contributed by atoms with Crippen LogP contribution in [0.4, 0.5) is 10.1 Å². The van der Waals surface area contributed by atoms with E-state index in [-0.39, 0.29) is 16.9 Å². The van der Waals surface area contributed by atoms with Gasteiger partial charge in [0.25, 0.3) is 11.5 Å². The lowest BCUT2D eigenvalue weighted by atomic mass is 10.1. The fraction of sp³-hybridized carbons (Fsp3) is 0.238. The van der Waals surface area contributed by atoms with Gasteiger partial charge in [-0.05, 0) is 24.6 Å². The number of benzene rings is 2. The van der Waals surface area contributed by atoms with Gasteiger partial charge in [-0.3, -0.25) is 9.59 Å². The predicted octanol–water partition coefficient (Wildman–Crippen LogP) is 3.13. The Hall–Kier alpha value is -3.55. The molecular formula is C21H20FN3O4. The van der Waals surface area contributed by atoms with Gasteiger partial charge in [0.2, 0.25) is 0 Å². The van der Waals surface area contributed by atoms with Crippen molar-refractivity contribution in [3.05, 3.63) is 70.4 Å². The Morgan fingerprint density at radius 2 is 1.79 bits per heavy atom. The number of hydrogen-bond acceptors (Lipinski definition) is 5. The Balaban J connectivity index is 1.79. The molecule has 0 radical (unpaired) electrons. The van der Waals surface area contributed by atoms with Crippen molar-refractivity contribution in [1.29, 1.82) is 0 Å². The second-order valence-corrected chi connectivity index (χ2v) is 6.38. The van der Waals surface area contributed by atoms with E-state index in [0.29, 0.717) is 17.3 Å². The standard InChI is InChI=1S/C21H20FN3O4/c1-2-3-12-25-20(27)15-9-5-4-8-14(15)19(24-25)21(28)29-13-18(26)23-17-11-7-6-10-16(17)22/h4-11H,2-3,12-13H2,1H3,(H,23,26). The number of rotatable bonds is 7. The number of nitrogens with one attached hydrogen (secondary N) is 1. The van der Waals surface area contributed by atoms with Crippen LogP contribution in [-0.4, -0.2) is 28.3 Å². The maximum atomic E-state index is 13.6. The van der Waals surface area contributed by atoms with Crippen LogP contribution in [0.3, 0.4) is 0 Å². The number of aromatic nitrogens is 2. The Morgan fingerprint density at radius 3 is 2.52 bits per heavy atom. The summed E-state index contributed by atoms with van der Waals surface area (Å²) in [4.78, 5) is 37.1. The van der Waals surface area contributed by atoms with Gasteiger partial charge in [0.05, 0.1) is 11.1 Å². The highest BCUT2D eigenvalue weighted by molar-refractivity contribution is 6.03. The summed E-state index contributed by atoms with van der Waals surface area (Å²) in [7, 11) is 0. The molecule has 1 amide bonds. The summed E-state index contributed by atoms with van der Waals surface area (Å²) in [5.41, 5.74) is -0.344. The molecule has 0 unspecified atom stereocenters. The molecule has 0 spiro atoms. The first-order valence-electron chi connectivity index (χ1n) is 9.22. The van der Waals surface area contributed by atoms with Gasteiger partial charge in [-0.2, -0.15) is 5.10 Å². The number of carbonyl (C=O) groups excluding carboxylic acids is 2. The average Bonchev–Trinajstić information content (AvgIpc) is 2.73. The molecule has 150 valence electrons. The van der Waals surface area contributed by atoms with E-state index in [1.54, 1.807) is 30.3 Å². The summed E-state index contributed by atoms with van der Waals surface area (Å²) in [6.07, 6.45) is 1.59. The molecule has 0 aliphatic heterocycles. The number of aryl methyl sites for hydroxylation is 1. The largest absolute Gasteiger partial charge is 0.451 e. The van der Waals surface area contributed by atoms with Gasteiger partial charge in [-0.25, -0.2) is 13.9 Å². The molecule has 0 saturated carbocycles. The van der Waals surface area contributed by atoms with E-state index >= 15 is 0 Å². The Kier molecular flexibility index (Phi) is 6.33. The topological polar surface area (TPSA) is 90.3 Å². The summed E-state index contributed by atoms with van der Waals surface area (Å²) in [5, 5.41) is 7.19. The van der Waals surface area contributed by atoms with Crippen LogP contribution in [0.2, 0.25) is 0 Å². The van der Waals surface area contributed by atoms with Crippen molar-refractivity contribution in [2.24, 2.45) is 0 Å². The maximum absolute atomic E-state index is 13.6. The predicted molar refractivity (Wildman–Crippen MR) is 106 cm³/mol. The zero-order valence-electron chi connectivity index (χ0n) is 15.9. The van der Waals surface area contributed by atoms with E-state index in [4.69, 9.17) is 4.74 Å². The van der Waals surface area contributed by atoms with Crippen molar-refractivity contribution >= 4 is 28.3 Å². The normalized spacial score (nSPS) is 10.7. The highest BCUT2D eigenvalue weighted by Gasteiger charge is 2.19. The van der Waals surface area contributed by atoms with E-state index in [0.717, 1.165) is 12.8 Å². The van der Waals surface area contributed by atoms with Crippen LogP contribution in [0.25, 0.3) is 10.8 Å². The third kappa shape index (κ3) is 4.66. The number of nitrogens with zero attached hydrogens (tertiary/aromatic N) is 2. The summed E-state index contributed by atoms with van der Waals surface area (Å²) in [5.74, 6) is -2.12. The van der Waals surface area contributed by atoms with Crippen LogP contribution in [0, 0.1) is 5.82 Å². The molecule has 0 bridgehead atoms. The minimum Gasteiger partial charge on any atom is -0.451 e. The number of hydrogen-bond donors (Lipinski definition) is 1. The number of amides is 1. The fourth-order valence-electron chi connectivity index (χ4n) is 2.79. The molecule has 1 aromatic heterocycles. The first kappa shape index (κ1) is 20.2. The van der Waals surface area contributed by atoms with Crippen LogP contribution in [0.15, 0.2) is 53.3 Å². The quantitative estimate of drug-likeness (QED) is 0.619. The van der Waals surface area contributed by atoms with Gasteiger partial charge in [0, 0.05) is 11.9 Å². The number of ether oxygens (including phenoxy) is 1. The first-order valence-corrected chi connectivity index (χ1v) is 9.22. The van der Waals surface area contributed by atoms with Gasteiger partial charge in [0.15, 0.2) is 12.3 Å². The Labute approximate surface area is 166 Å². The zero-order valence-corrected chi connectivity index (χ0v) is 15.9. The number of anilines is 1. The molecule has 0 aliphatic carbocycles. The lowest BCUT2D eigenvalue weighted by molar-refractivity contribution is -0.119. The summed E-state index contributed by atoms with van der Waals surface area (Å²) >= 11 is 0. The number of unbranched alkanes of at least 4 members (excludes halogenated alkanes) is 1. The highest BCUT2D eigenvalue weighted by Crippen LogP contribution is 2.15. The molecule has 0 aliphatic rings. The van der Waals surface area contributed by atoms with Crippen LogP contribution in [-0.2, 0) is 16.1 Å². The number of esters is 1. The van der Waals surface area contributed by atoms with Crippen LogP contribution >= 0.6 is 0 Å². The summed E-state index contributed by atoms with van der Waals surface area (Å²) < 4.78 is 19.9. The average molecular weight is 397 g/mol. The number of fused-ring (bicyclic) bond motifs is 1. The van der Waals surface area contributed by atoms with Crippen molar-refractivity contribution in [1.82, 2.24) is 9.78 Å². The third-order valence-corrected chi connectivity index (χ3v) is 4.27. The van der Waals surface area contributed by atoms with Crippen LogP contribution < -0.4 is 10.9 Å². The number of halogens is 1. The van der Waals surface area contributed by atoms with E-state index in [2.05, 4.69) is 10.4 Å². The van der Waals surface area contributed by atoms with Crippen molar-refractivity contribution < 1.29 is 18.7 Å². The maximum Gasteiger partial charge on any atom is 0.359 e. The zero-order chi connectivity index (χ0) is 20.8. The molecule has 1 heterocycles. The van der Waals surface area contributed by atoms with Crippen molar-refractivity contribution in [2.45, 2.75) is 26.3 Å². The smallest absolute Gasteiger partial charge is 0.359 e. The molecular weight excluding hydrogens is 377 g/mol. The molecule has 3 rings (SSSR count). The molecule has 3 aromatic rings. The molecule has 8 heteroatoms. The molecule has 0 fully saturated rings. The van der Waals surface area contributed by atoms with Crippen molar-refractivity contribution in [3.8, 4) is 0 Å². The molecule has 7 nitrogen and oxygen atoms in total. The monoisotopic (exact) mass is 397 g/mol. The van der Waals surface area contributed by atoms with Gasteiger partial charge in [-0.15, -0.1) is 0 Å². The number of carbonyl (C=O) groups is 2. The highest BCUT2D eigenvalue weighted by atomic mass is 19.1. The van der Waals surface area contributed by atoms with Gasteiger partial charge in [-0.1, -0.05) is 43.7 Å². The van der Waals surface area contributed by atoms with E-state index in [1.807, 2.05) is 6.92 Å². The Bertz CT molecular complexity index is 1110. The van der Waals surface area contributed by atoms with Gasteiger partial charge >= 0.3 is 5.97 Å². The summed E-state index contributed by atoms with van der Waals surface area (Å²) in [6, 6.07) is 12.3. The molecule has 0 atom stereocenters. The van der Waals surface area contributed by atoms with Crippen molar-refractivity contribution in [3.63, 3.8) is 0 Å². The minimum absolute atomic E-state index is 0.00904. The van der Waals surface area contributed by atoms with E-state index in [1.165, 1.54) is 22.9 Å². The SMILES string of the molecule is CCCCn1nc(C(=O)OCC(=O)Nc2ccccc2F)c2ccccc2c1=O. The second kappa shape index (κ2) is 9.09. The van der Waals surface area contributed by atoms with Gasteiger partial charge < -0.3 is 10.1 Å². The first-order chi connectivity index (χ1) is 14.0. The van der Waals surface area contributed by atoms with Crippen molar-refractivity contribution in [2.75, 3.05) is 11.9 Å². The lowest BCUT2D eigenvalue weighted by Crippen LogP contribution is -2.28. The van der Waals surface area contributed by atoms with Gasteiger partial charge in [0.1, 0.15) is 5.82 Å². The Morgan fingerprint density at radius 1 is 1.10 bits per heavy atom. The van der Waals surface area contributed by atoms with E-state index in [9.17, 15) is 18.8 Å². The molecule has 0 saturated heterocycles. The molecule has 29 heavy (non-hydrogen) atoms. The number of para-hydroxylation sites is 1. The summed E-state index contributed by atoms with van der Waals surface area (Å²) in [6.45, 7) is 1.74. The fourth-order valence-corrected chi connectivity index (χ4v) is 2.79. The second-order valence-electron chi connectivity index (χ2n) is 6.38. The molecule has 2 aromatic carbocycles.